The molecule has 5 nitrogen and oxygen atoms in total. The van der Waals surface area contributed by atoms with Gasteiger partial charge in [0, 0.05) is 12.0 Å². The molecule has 0 saturated heterocycles. The third kappa shape index (κ3) is 3.00. The predicted molar refractivity (Wildman–Crippen MR) is 71.5 cm³/mol. The fraction of sp³-hybridized carbons (Fsp3) is 0.308. The van der Waals surface area contributed by atoms with E-state index in [1.165, 1.54) is 18.6 Å². The second-order valence-electron chi connectivity index (χ2n) is 5.11. The lowest BCUT2D eigenvalue weighted by atomic mass is 10.1. The summed E-state index contributed by atoms with van der Waals surface area (Å²) < 4.78 is 64.5. The molecule has 1 fully saturated rings. The van der Waals surface area contributed by atoms with Crippen molar-refractivity contribution >= 4 is 10.0 Å². The number of halogens is 3. The highest BCUT2D eigenvalue weighted by molar-refractivity contribution is 7.89. The second kappa shape index (κ2) is 5.10. The smallest absolute Gasteiger partial charge is 0.335 e. The van der Waals surface area contributed by atoms with Crippen LogP contribution in [0.25, 0.3) is 0 Å². The molecule has 2 aromatic rings. The van der Waals surface area contributed by atoms with E-state index < -0.39 is 27.8 Å². The molecule has 1 aliphatic rings. The summed E-state index contributed by atoms with van der Waals surface area (Å²) in [4.78, 5) is 6.12. The normalized spacial score (nSPS) is 21.8. The molecule has 2 atom stereocenters. The van der Waals surface area contributed by atoms with E-state index in [0.717, 1.165) is 12.1 Å². The number of nitrogens with zero attached hydrogens (tertiary/aromatic N) is 1. The van der Waals surface area contributed by atoms with Crippen molar-refractivity contribution in [2.45, 2.75) is 29.6 Å². The molecule has 0 unspecified atom stereocenters. The van der Waals surface area contributed by atoms with Crippen molar-refractivity contribution in [3.05, 3.63) is 47.9 Å². The summed E-state index contributed by atoms with van der Waals surface area (Å²) in [5, 5.41) is -0.0674. The Balaban J connectivity index is 1.73. The number of hydrogen-bond acceptors (Lipinski definition) is 3. The van der Waals surface area contributed by atoms with Gasteiger partial charge in [-0.05, 0) is 18.1 Å². The molecule has 118 valence electrons. The molecule has 1 aliphatic carbocycles. The number of sulfonamides is 1. The Bertz CT molecular complexity index is 772. The second-order valence-corrected chi connectivity index (χ2v) is 6.79. The van der Waals surface area contributed by atoms with E-state index in [4.69, 9.17) is 0 Å². The van der Waals surface area contributed by atoms with E-state index in [-0.39, 0.29) is 10.9 Å². The molecule has 0 bridgehead atoms. The third-order valence-electron chi connectivity index (χ3n) is 3.50. The third-order valence-corrected chi connectivity index (χ3v) is 4.92. The van der Waals surface area contributed by atoms with Crippen molar-refractivity contribution in [1.82, 2.24) is 14.7 Å². The van der Waals surface area contributed by atoms with Crippen LogP contribution in [-0.2, 0) is 16.2 Å². The van der Waals surface area contributed by atoms with Crippen molar-refractivity contribution in [3.8, 4) is 0 Å². The molecular weight excluding hydrogens is 319 g/mol. The van der Waals surface area contributed by atoms with Gasteiger partial charge in [0.2, 0.25) is 0 Å². The first-order valence-electron chi connectivity index (χ1n) is 6.45. The maximum absolute atomic E-state index is 12.7. The van der Waals surface area contributed by atoms with E-state index in [1.54, 1.807) is 6.07 Å². The topological polar surface area (TPSA) is 74.8 Å². The molecule has 1 aromatic carbocycles. The Labute approximate surface area is 124 Å². The Morgan fingerprint density at radius 3 is 2.73 bits per heavy atom. The van der Waals surface area contributed by atoms with Crippen LogP contribution in [-0.4, -0.2) is 24.4 Å². The Hall–Kier alpha value is -1.87. The van der Waals surface area contributed by atoms with Gasteiger partial charge in [0.15, 0.2) is 5.03 Å². The molecule has 0 amide bonds. The van der Waals surface area contributed by atoms with Crippen LogP contribution < -0.4 is 4.72 Å². The highest BCUT2D eigenvalue weighted by Gasteiger charge is 2.42. The van der Waals surface area contributed by atoms with Gasteiger partial charge in [0.05, 0.1) is 18.1 Å². The summed E-state index contributed by atoms with van der Waals surface area (Å²) in [7, 11) is -3.72. The lowest BCUT2D eigenvalue weighted by Crippen LogP contribution is -2.27. The summed E-state index contributed by atoms with van der Waals surface area (Å²) in [5.41, 5.74) is -0.251. The zero-order valence-corrected chi connectivity index (χ0v) is 11.9. The quantitative estimate of drug-likeness (QED) is 0.902. The lowest BCUT2D eigenvalue weighted by Gasteiger charge is -2.09. The highest BCUT2D eigenvalue weighted by Crippen LogP contribution is 2.43. The minimum atomic E-state index is -4.41. The number of nitrogens with one attached hydrogen (secondary N) is 2. The molecular formula is C13H12F3N3O2S. The molecule has 2 N–H and O–H groups in total. The maximum atomic E-state index is 12.7. The Morgan fingerprint density at radius 2 is 2.09 bits per heavy atom. The van der Waals surface area contributed by atoms with E-state index in [1.807, 2.05) is 0 Å². The van der Waals surface area contributed by atoms with E-state index in [2.05, 4.69) is 14.7 Å². The molecule has 9 heteroatoms. The highest BCUT2D eigenvalue weighted by atomic mass is 32.2. The SMILES string of the molecule is O=S(=O)(N[C@@H]1C[C@H]1c1cccc(C(F)(F)F)c1)c1cnc[nH]1. The summed E-state index contributed by atoms with van der Waals surface area (Å²) in [6.07, 6.45) is -1.53. The molecule has 0 spiro atoms. The number of H-pyrrole nitrogens is 1. The fourth-order valence-electron chi connectivity index (χ4n) is 2.29. The van der Waals surface area contributed by atoms with Crippen molar-refractivity contribution in [1.29, 1.82) is 0 Å². The lowest BCUT2D eigenvalue weighted by molar-refractivity contribution is -0.137. The number of alkyl halides is 3. The van der Waals surface area contributed by atoms with Crippen LogP contribution in [0.3, 0.4) is 0 Å². The van der Waals surface area contributed by atoms with Gasteiger partial charge in [-0.3, -0.25) is 0 Å². The first kappa shape index (κ1) is 15.0. The first-order valence-corrected chi connectivity index (χ1v) is 7.93. The molecule has 22 heavy (non-hydrogen) atoms. The van der Waals surface area contributed by atoms with Crippen LogP contribution in [0.4, 0.5) is 13.2 Å². The van der Waals surface area contributed by atoms with Crippen molar-refractivity contribution in [2.24, 2.45) is 0 Å². The number of aromatic amines is 1. The maximum Gasteiger partial charge on any atom is 0.416 e. The molecule has 0 radical (unpaired) electrons. The molecule has 1 heterocycles. The molecule has 1 aromatic heterocycles. The van der Waals surface area contributed by atoms with Gasteiger partial charge in [0.1, 0.15) is 0 Å². The minimum Gasteiger partial charge on any atom is -0.335 e. The van der Waals surface area contributed by atoms with Gasteiger partial charge in [-0.1, -0.05) is 18.2 Å². The van der Waals surface area contributed by atoms with E-state index in [9.17, 15) is 21.6 Å². The predicted octanol–water partition coefficient (Wildman–Crippen LogP) is 2.26. The van der Waals surface area contributed by atoms with Crippen LogP contribution in [0.15, 0.2) is 41.8 Å². The largest absolute Gasteiger partial charge is 0.416 e. The average Bonchev–Trinajstić information content (AvgIpc) is 2.97. The number of aromatic nitrogens is 2. The Kier molecular flexibility index (Phi) is 3.48. The summed E-state index contributed by atoms with van der Waals surface area (Å²) >= 11 is 0. The minimum absolute atomic E-state index is 0.0674. The van der Waals surface area contributed by atoms with E-state index >= 15 is 0 Å². The molecule has 1 saturated carbocycles. The van der Waals surface area contributed by atoms with Gasteiger partial charge in [-0.2, -0.15) is 13.2 Å². The zero-order valence-electron chi connectivity index (χ0n) is 11.1. The summed E-state index contributed by atoms with van der Waals surface area (Å²) in [5.74, 6) is -0.250. The zero-order chi connectivity index (χ0) is 16.0. The van der Waals surface area contributed by atoms with Gasteiger partial charge in [-0.25, -0.2) is 18.1 Å². The van der Waals surface area contributed by atoms with Crippen LogP contribution in [0.1, 0.15) is 23.5 Å². The van der Waals surface area contributed by atoms with Crippen LogP contribution in [0, 0.1) is 0 Å². The van der Waals surface area contributed by atoms with Crippen molar-refractivity contribution in [3.63, 3.8) is 0 Å². The van der Waals surface area contributed by atoms with Gasteiger partial charge in [0.25, 0.3) is 10.0 Å². The van der Waals surface area contributed by atoms with Crippen LogP contribution in [0.2, 0.25) is 0 Å². The number of benzene rings is 1. The van der Waals surface area contributed by atoms with Gasteiger partial charge >= 0.3 is 6.18 Å². The number of imidazole rings is 1. The van der Waals surface area contributed by atoms with Crippen molar-refractivity contribution < 1.29 is 21.6 Å². The first-order chi connectivity index (χ1) is 10.3. The van der Waals surface area contributed by atoms with Gasteiger partial charge < -0.3 is 4.98 Å². The van der Waals surface area contributed by atoms with Crippen LogP contribution >= 0.6 is 0 Å². The summed E-state index contributed by atoms with van der Waals surface area (Å²) in [6, 6.07) is 4.56. The van der Waals surface area contributed by atoms with Crippen molar-refractivity contribution in [2.75, 3.05) is 0 Å². The van der Waals surface area contributed by atoms with Crippen LogP contribution in [0.5, 0.6) is 0 Å². The molecule has 0 aliphatic heterocycles. The standard InChI is InChI=1S/C13H12F3N3O2S/c14-13(15,16)9-3-1-2-8(4-9)10-5-11(10)19-22(20,21)12-6-17-7-18-12/h1-4,6-7,10-11,19H,5H2,(H,17,18)/t10-,11+/m0/s1. The summed E-state index contributed by atoms with van der Waals surface area (Å²) in [6.45, 7) is 0. The van der Waals surface area contributed by atoms with Gasteiger partial charge in [-0.15, -0.1) is 0 Å². The fourth-order valence-corrected chi connectivity index (χ4v) is 3.49. The monoisotopic (exact) mass is 331 g/mol. The average molecular weight is 331 g/mol. The molecule has 3 rings (SSSR count). The number of rotatable bonds is 4. The Morgan fingerprint density at radius 1 is 1.32 bits per heavy atom. The van der Waals surface area contributed by atoms with E-state index in [0.29, 0.717) is 12.0 Å². The number of hydrogen-bond donors (Lipinski definition) is 2.